The second kappa shape index (κ2) is 4.09. The number of epoxide rings is 1. The van der Waals surface area contributed by atoms with E-state index in [0.29, 0.717) is 0 Å². The van der Waals surface area contributed by atoms with Crippen molar-refractivity contribution < 1.29 is 4.74 Å². The third-order valence-corrected chi connectivity index (χ3v) is 4.60. The van der Waals surface area contributed by atoms with Crippen LogP contribution in [0.2, 0.25) is 0 Å². The number of benzene rings is 1. The Hall–Kier alpha value is -0.820. The molecule has 0 aromatic heterocycles. The molecule has 2 unspecified atom stereocenters. The van der Waals surface area contributed by atoms with E-state index in [0.717, 1.165) is 12.5 Å². The van der Waals surface area contributed by atoms with Crippen molar-refractivity contribution in [2.24, 2.45) is 0 Å². The predicted octanol–water partition coefficient (Wildman–Crippen LogP) is 4.41. The van der Waals surface area contributed by atoms with E-state index in [2.05, 4.69) is 45.0 Å². The number of hydrogen-bond acceptors (Lipinski definition) is 1. The van der Waals surface area contributed by atoms with Gasteiger partial charge in [0.15, 0.2) is 0 Å². The van der Waals surface area contributed by atoms with Crippen LogP contribution in [0.1, 0.15) is 63.5 Å². The van der Waals surface area contributed by atoms with E-state index in [1.165, 1.54) is 36.8 Å². The molecule has 3 rings (SSSR count). The minimum Gasteiger partial charge on any atom is -0.370 e. The normalized spacial score (nSPS) is 31.6. The van der Waals surface area contributed by atoms with Crippen molar-refractivity contribution in [3.8, 4) is 0 Å². The molecular formula is C17H24O. The molecule has 0 N–H and O–H groups in total. The highest BCUT2D eigenvalue weighted by molar-refractivity contribution is 5.30. The minimum absolute atomic E-state index is 0.256. The van der Waals surface area contributed by atoms with E-state index in [1.807, 2.05) is 0 Å². The number of ether oxygens (including phenoxy) is 1. The highest BCUT2D eigenvalue weighted by Crippen LogP contribution is 2.47. The summed E-state index contributed by atoms with van der Waals surface area (Å²) < 4.78 is 5.67. The molecule has 0 radical (unpaired) electrons. The van der Waals surface area contributed by atoms with E-state index in [4.69, 9.17) is 4.74 Å². The van der Waals surface area contributed by atoms with Crippen molar-refractivity contribution >= 4 is 0 Å². The van der Waals surface area contributed by atoms with Gasteiger partial charge in [-0.15, -0.1) is 0 Å². The first-order chi connectivity index (χ1) is 8.49. The average Bonchev–Trinajstić information content (AvgIpc) is 3.08. The van der Waals surface area contributed by atoms with Crippen LogP contribution in [-0.2, 0) is 10.2 Å². The summed E-state index contributed by atoms with van der Waals surface area (Å²) in [5.74, 6) is 0.718. The van der Waals surface area contributed by atoms with E-state index >= 15 is 0 Å². The molecule has 2 aliphatic rings. The third kappa shape index (κ3) is 2.33. The molecule has 2 atom stereocenters. The Morgan fingerprint density at radius 3 is 2.39 bits per heavy atom. The molecule has 1 heterocycles. The second-order valence-corrected chi connectivity index (χ2v) is 7.14. The molecule has 1 saturated heterocycles. The molecule has 1 saturated carbocycles. The van der Waals surface area contributed by atoms with Crippen LogP contribution in [0, 0.1) is 0 Å². The molecule has 1 heteroatoms. The third-order valence-electron chi connectivity index (χ3n) is 4.60. The Bertz CT molecular complexity index is 420. The largest absolute Gasteiger partial charge is 0.370 e. The van der Waals surface area contributed by atoms with Gasteiger partial charge in [0.2, 0.25) is 0 Å². The van der Waals surface area contributed by atoms with Gasteiger partial charge in [0.25, 0.3) is 0 Å². The van der Waals surface area contributed by atoms with Crippen LogP contribution in [0.15, 0.2) is 24.3 Å². The summed E-state index contributed by atoms with van der Waals surface area (Å²) >= 11 is 0. The zero-order valence-corrected chi connectivity index (χ0v) is 11.8. The van der Waals surface area contributed by atoms with Gasteiger partial charge in [0.1, 0.15) is 0 Å². The average molecular weight is 244 g/mol. The zero-order chi connectivity index (χ0) is 12.8. The van der Waals surface area contributed by atoms with Crippen LogP contribution in [0.25, 0.3) is 0 Å². The van der Waals surface area contributed by atoms with Gasteiger partial charge in [0.05, 0.1) is 12.2 Å². The topological polar surface area (TPSA) is 12.5 Å². The summed E-state index contributed by atoms with van der Waals surface area (Å²) in [6, 6.07) is 9.30. The fourth-order valence-corrected chi connectivity index (χ4v) is 3.23. The maximum atomic E-state index is 5.67. The molecule has 0 amide bonds. The summed E-state index contributed by atoms with van der Waals surface area (Å²) in [5.41, 5.74) is 3.48. The summed E-state index contributed by atoms with van der Waals surface area (Å²) in [6.07, 6.45) is 5.18. The smallest absolute Gasteiger partial charge is 0.0922 e. The molecule has 0 bridgehead atoms. The maximum Gasteiger partial charge on any atom is 0.0922 e. The lowest BCUT2D eigenvalue weighted by atomic mass is 9.77. The quantitative estimate of drug-likeness (QED) is 0.667. The Labute approximate surface area is 111 Å². The fourth-order valence-electron chi connectivity index (χ4n) is 3.23. The molecular weight excluding hydrogens is 220 g/mol. The van der Waals surface area contributed by atoms with Crippen LogP contribution in [-0.4, -0.2) is 12.2 Å². The van der Waals surface area contributed by atoms with Crippen molar-refractivity contribution in [1.29, 1.82) is 0 Å². The lowest BCUT2D eigenvalue weighted by molar-refractivity contribution is 0.220. The van der Waals surface area contributed by atoms with E-state index < -0.39 is 0 Å². The molecule has 2 fully saturated rings. The highest BCUT2D eigenvalue weighted by atomic mass is 16.6. The van der Waals surface area contributed by atoms with Gasteiger partial charge in [0, 0.05) is 0 Å². The van der Waals surface area contributed by atoms with Gasteiger partial charge < -0.3 is 4.74 Å². The van der Waals surface area contributed by atoms with Gasteiger partial charge in [-0.25, -0.2) is 0 Å². The minimum atomic E-state index is 0.256. The first kappa shape index (κ1) is 12.2. The van der Waals surface area contributed by atoms with Crippen molar-refractivity contribution in [2.45, 2.75) is 63.4 Å². The van der Waals surface area contributed by atoms with Gasteiger partial charge >= 0.3 is 0 Å². The first-order valence-corrected chi connectivity index (χ1v) is 7.23. The molecule has 1 aliphatic heterocycles. The maximum absolute atomic E-state index is 5.67. The van der Waals surface area contributed by atoms with Crippen LogP contribution < -0.4 is 0 Å². The first-order valence-electron chi connectivity index (χ1n) is 7.23. The molecule has 1 nitrogen and oxygen atoms in total. The van der Waals surface area contributed by atoms with Gasteiger partial charge in [-0.3, -0.25) is 0 Å². The van der Waals surface area contributed by atoms with Crippen molar-refractivity contribution in [2.75, 3.05) is 6.61 Å². The van der Waals surface area contributed by atoms with E-state index in [1.54, 1.807) is 0 Å². The van der Waals surface area contributed by atoms with E-state index in [-0.39, 0.29) is 11.0 Å². The summed E-state index contributed by atoms with van der Waals surface area (Å²) in [5, 5.41) is 0. The molecule has 18 heavy (non-hydrogen) atoms. The van der Waals surface area contributed by atoms with Gasteiger partial charge in [-0.2, -0.15) is 0 Å². The SMILES string of the molecule is CC(C)(C)c1ccc(C2CCCC3(CO3)C2)cc1. The van der Waals surface area contributed by atoms with Crippen molar-refractivity contribution in [1.82, 2.24) is 0 Å². The molecule has 1 aromatic rings. The van der Waals surface area contributed by atoms with Crippen LogP contribution >= 0.6 is 0 Å². The van der Waals surface area contributed by atoms with Gasteiger partial charge in [-0.1, -0.05) is 45.0 Å². The Morgan fingerprint density at radius 2 is 1.83 bits per heavy atom. The number of hydrogen-bond donors (Lipinski definition) is 0. The summed E-state index contributed by atoms with van der Waals surface area (Å²) in [6.45, 7) is 7.82. The van der Waals surface area contributed by atoms with Gasteiger partial charge in [-0.05, 0) is 48.1 Å². The predicted molar refractivity (Wildman–Crippen MR) is 75.0 cm³/mol. The summed E-state index contributed by atoms with van der Waals surface area (Å²) in [7, 11) is 0. The standard InChI is InChI=1S/C17H24O/c1-16(2,3)15-8-6-13(7-9-15)14-5-4-10-17(11-14)12-18-17/h6-9,14H,4-5,10-12H2,1-3H3. The van der Waals surface area contributed by atoms with Crippen molar-refractivity contribution in [3.05, 3.63) is 35.4 Å². The lowest BCUT2D eigenvalue weighted by Crippen LogP contribution is -2.21. The Morgan fingerprint density at radius 1 is 1.17 bits per heavy atom. The van der Waals surface area contributed by atoms with Crippen LogP contribution in [0.5, 0.6) is 0 Å². The second-order valence-electron chi connectivity index (χ2n) is 7.14. The molecule has 1 aliphatic carbocycles. The van der Waals surface area contributed by atoms with Crippen molar-refractivity contribution in [3.63, 3.8) is 0 Å². The Balaban J connectivity index is 1.76. The molecule has 98 valence electrons. The van der Waals surface area contributed by atoms with E-state index in [9.17, 15) is 0 Å². The highest BCUT2D eigenvalue weighted by Gasteiger charge is 2.47. The number of rotatable bonds is 1. The zero-order valence-electron chi connectivity index (χ0n) is 11.8. The summed E-state index contributed by atoms with van der Waals surface area (Å²) in [4.78, 5) is 0. The monoisotopic (exact) mass is 244 g/mol. The molecule has 1 spiro atoms. The molecule has 1 aromatic carbocycles. The lowest BCUT2D eigenvalue weighted by Gasteiger charge is -2.28. The van der Waals surface area contributed by atoms with Crippen LogP contribution in [0.4, 0.5) is 0 Å². The fraction of sp³-hybridized carbons (Fsp3) is 0.647. The Kier molecular flexibility index (Phi) is 2.78. The van der Waals surface area contributed by atoms with Crippen LogP contribution in [0.3, 0.4) is 0 Å².